The predicted octanol–water partition coefficient (Wildman–Crippen LogP) is 2.87. The quantitative estimate of drug-likeness (QED) is 0.700. The van der Waals surface area contributed by atoms with Gasteiger partial charge in [-0.15, -0.1) is 11.3 Å². The maximum atomic E-state index is 13.1. The van der Waals surface area contributed by atoms with E-state index >= 15 is 0 Å². The van der Waals surface area contributed by atoms with Crippen LogP contribution in [-0.2, 0) is 16.1 Å². The first-order valence-electron chi connectivity index (χ1n) is 10.5. The van der Waals surface area contributed by atoms with E-state index < -0.39 is 0 Å². The number of carbonyl (C=O) groups excluding carboxylic acids is 2. The van der Waals surface area contributed by atoms with Crippen molar-refractivity contribution in [3.8, 4) is 11.5 Å². The molecule has 1 atom stereocenters. The second-order valence-electron chi connectivity index (χ2n) is 8.04. The van der Waals surface area contributed by atoms with Gasteiger partial charge in [0.1, 0.15) is 13.2 Å². The maximum Gasteiger partial charge on any atom is 0.228 e. The number of amides is 2. The van der Waals surface area contributed by atoms with Crippen LogP contribution in [-0.4, -0.2) is 67.6 Å². The lowest BCUT2D eigenvalue weighted by Gasteiger charge is -2.35. The van der Waals surface area contributed by atoms with E-state index in [9.17, 15) is 9.59 Å². The summed E-state index contributed by atoms with van der Waals surface area (Å²) in [5.41, 5.74) is 0.754. The van der Waals surface area contributed by atoms with E-state index in [-0.39, 0.29) is 24.2 Å². The summed E-state index contributed by atoms with van der Waals surface area (Å²) in [7, 11) is 0. The van der Waals surface area contributed by atoms with Gasteiger partial charge in [-0.25, -0.2) is 0 Å². The molecule has 7 nitrogen and oxygen atoms in total. The molecule has 0 saturated carbocycles. The highest BCUT2D eigenvalue weighted by Gasteiger charge is 2.38. The summed E-state index contributed by atoms with van der Waals surface area (Å²) in [6.45, 7) is 5.32. The number of nitrogens with zero attached hydrogens (tertiary/aromatic N) is 3. The molecule has 2 aromatic rings. The Bertz CT molecular complexity index is 989. The van der Waals surface area contributed by atoms with Crippen LogP contribution in [0.1, 0.15) is 11.3 Å². The first-order chi connectivity index (χ1) is 15.1. The van der Waals surface area contributed by atoms with Gasteiger partial charge in [-0.1, -0.05) is 11.6 Å². The number of hydrogen-bond donors (Lipinski definition) is 0. The second-order valence-corrected chi connectivity index (χ2v) is 9.84. The number of rotatable bonds is 4. The Kier molecular flexibility index (Phi) is 5.77. The van der Waals surface area contributed by atoms with Crippen molar-refractivity contribution in [1.82, 2.24) is 9.80 Å². The summed E-state index contributed by atoms with van der Waals surface area (Å²) in [6.07, 6.45) is 0.251. The van der Waals surface area contributed by atoms with Crippen LogP contribution in [0.3, 0.4) is 0 Å². The van der Waals surface area contributed by atoms with Gasteiger partial charge in [-0.3, -0.25) is 14.5 Å². The minimum atomic E-state index is -0.302. The Morgan fingerprint density at radius 2 is 1.84 bits per heavy atom. The second kappa shape index (κ2) is 8.68. The summed E-state index contributed by atoms with van der Waals surface area (Å²) in [5.74, 6) is 1.09. The number of benzene rings is 1. The molecule has 2 amide bonds. The zero-order valence-electron chi connectivity index (χ0n) is 17.1. The zero-order valence-corrected chi connectivity index (χ0v) is 18.7. The number of halogens is 1. The molecule has 0 spiro atoms. The van der Waals surface area contributed by atoms with E-state index in [1.165, 1.54) is 4.88 Å². The van der Waals surface area contributed by atoms with Gasteiger partial charge in [0.05, 0.1) is 10.3 Å². The van der Waals surface area contributed by atoms with Crippen LogP contribution in [0.2, 0.25) is 4.34 Å². The average Bonchev–Trinajstić information content (AvgIpc) is 3.38. The highest BCUT2D eigenvalue weighted by Crippen LogP contribution is 2.36. The molecule has 3 aliphatic heterocycles. The number of ether oxygens (including phenoxy) is 2. The minimum Gasteiger partial charge on any atom is -0.486 e. The maximum absolute atomic E-state index is 13.1. The Balaban J connectivity index is 1.18. The third kappa shape index (κ3) is 4.37. The summed E-state index contributed by atoms with van der Waals surface area (Å²) in [4.78, 5) is 32.9. The Morgan fingerprint density at radius 3 is 2.58 bits per heavy atom. The van der Waals surface area contributed by atoms with Crippen LogP contribution < -0.4 is 14.4 Å². The van der Waals surface area contributed by atoms with Gasteiger partial charge < -0.3 is 19.3 Å². The summed E-state index contributed by atoms with van der Waals surface area (Å²) in [6, 6.07) is 9.49. The molecule has 1 aromatic carbocycles. The van der Waals surface area contributed by atoms with Crippen molar-refractivity contribution in [2.75, 3.05) is 50.8 Å². The molecule has 0 unspecified atom stereocenters. The highest BCUT2D eigenvalue weighted by atomic mass is 35.5. The van der Waals surface area contributed by atoms with Crippen molar-refractivity contribution < 1.29 is 19.1 Å². The first-order valence-corrected chi connectivity index (χ1v) is 11.7. The molecule has 3 aliphatic rings. The number of fused-ring (bicyclic) bond motifs is 1. The molecule has 0 aliphatic carbocycles. The molecule has 0 radical (unpaired) electrons. The van der Waals surface area contributed by atoms with E-state index in [1.54, 1.807) is 16.2 Å². The van der Waals surface area contributed by atoms with Crippen LogP contribution in [0.5, 0.6) is 11.5 Å². The molecule has 164 valence electrons. The monoisotopic (exact) mass is 461 g/mol. The lowest BCUT2D eigenvalue weighted by atomic mass is 10.1. The molecular weight excluding hydrogens is 438 g/mol. The smallest absolute Gasteiger partial charge is 0.228 e. The van der Waals surface area contributed by atoms with Crippen molar-refractivity contribution in [2.24, 2.45) is 5.92 Å². The summed E-state index contributed by atoms with van der Waals surface area (Å²) >= 11 is 7.62. The average molecular weight is 462 g/mol. The van der Waals surface area contributed by atoms with Gasteiger partial charge in [0.25, 0.3) is 0 Å². The van der Waals surface area contributed by atoms with Gasteiger partial charge in [0, 0.05) is 62.3 Å². The number of anilines is 1. The van der Waals surface area contributed by atoms with Crippen molar-refractivity contribution in [3.63, 3.8) is 0 Å². The van der Waals surface area contributed by atoms with Crippen LogP contribution in [0.15, 0.2) is 30.3 Å². The van der Waals surface area contributed by atoms with Crippen LogP contribution in [0.4, 0.5) is 5.69 Å². The molecule has 4 heterocycles. The van der Waals surface area contributed by atoms with E-state index in [1.807, 2.05) is 29.2 Å². The first kappa shape index (κ1) is 20.6. The SMILES string of the molecule is O=C([C@@H]1CC(=O)N(c2ccc3c(c2)OCCO3)C1)N1CCN(Cc2ccc(Cl)s2)CC1. The van der Waals surface area contributed by atoms with Crippen molar-refractivity contribution in [3.05, 3.63) is 39.5 Å². The molecule has 31 heavy (non-hydrogen) atoms. The van der Waals surface area contributed by atoms with Crippen molar-refractivity contribution >= 4 is 40.4 Å². The van der Waals surface area contributed by atoms with Gasteiger partial charge in [0.15, 0.2) is 11.5 Å². The van der Waals surface area contributed by atoms with Gasteiger partial charge in [-0.2, -0.15) is 0 Å². The third-order valence-corrected chi connectivity index (χ3v) is 7.22. The summed E-state index contributed by atoms with van der Waals surface area (Å²) in [5, 5.41) is 0. The largest absolute Gasteiger partial charge is 0.486 e. The Morgan fingerprint density at radius 1 is 1.06 bits per heavy atom. The Labute approximate surface area is 190 Å². The highest BCUT2D eigenvalue weighted by molar-refractivity contribution is 7.16. The van der Waals surface area contributed by atoms with Crippen LogP contribution >= 0.6 is 22.9 Å². The van der Waals surface area contributed by atoms with E-state index in [2.05, 4.69) is 11.0 Å². The predicted molar refractivity (Wildman–Crippen MR) is 119 cm³/mol. The van der Waals surface area contributed by atoms with E-state index in [0.717, 1.165) is 29.7 Å². The molecule has 2 fully saturated rings. The topological polar surface area (TPSA) is 62.3 Å². The summed E-state index contributed by atoms with van der Waals surface area (Å²) < 4.78 is 12.0. The molecule has 9 heteroatoms. The fourth-order valence-corrected chi connectivity index (χ4v) is 5.49. The lowest BCUT2D eigenvalue weighted by molar-refractivity contribution is -0.137. The third-order valence-electron chi connectivity index (χ3n) is 6.00. The molecule has 0 bridgehead atoms. The number of hydrogen-bond acceptors (Lipinski definition) is 6. The zero-order chi connectivity index (χ0) is 21.4. The number of thiophene rings is 1. The van der Waals surface area contributed by atoms with Gasteiger partial charge in [0.2, 0.25) is 11.8 Å². The van der Waals surface area contributed by atoms with Crippen molar-refractivity contribution in [2.45, 2.75) is 13.0 Å². The van der Waals surface area contributed by atoms with Gasteiger partial charge >= 0.3 is 0 Å². The van der Waals surface area contributed by atoms with E-state index in [0.29, 0.717) is 44.3 Å². The van der Waals surface area contributed by atoms with Crippen molar-refractivity contribution in [1.29, 1.82) is 0 Å². The van der Waals surface area contributed by atoms with Gasteiger partial charge in [-0.05, 0) is 24.3 Å². The number of piperazine rings is 1. The van der Waals surface area contributed by atoms with E-state index in [4.69, 9.17) is 21.1 Å². The molecule has 1 aromatic heterocycles. The van der Waals surface area contributed by atoms with Crippen LogP contribution in [0.25, 0.3) is 0 Å². The Hall–Kier alpha value is -2.29. The normalized spacial score (nSPS) is 21.6. The fraction of sp³-hybridized carbons (Fsp3) is 0.455. The number of carbonyl (C=O) groups is 2. The van der Waals surface area contributed by atoms with Crippen LogP contribution in [0, 0.1) is 5.92 Å². The standard InChI is InChI=1S/C22H24ClN3O4S/c23-20-4-2-17(31-20)14-24-5-7-25(8-6-24)22(28)15-11-21(27)26(13-15)16-1-3-18-19(12-16)30-10-9-29-18/h1-4,12,15H,5-11,13-14H2/t15-/m1/s1. The molecule has 5 rings (SSSR count). The molecule has 0 N–H and O–H groups in total. The minimum absolute atomic E-state index is 0.0248. The fourth-order valence-electron chi connectivity index (χ4n) is 4.36. The lowest BCUT2D eigenvalue weighted by Crippen LogP contribution is -2.50. The molecular formula is C22H24ClN3O4S. The molecule has 2 saturated heterocycles.